The Bertz CT molecular complexity index is 771. The molecule has 3 heteroatoms. The van der Waals surface area contributed by atoms with Crippen LogP contribution in [0.2, 0.25) is 0 Å². The predicted molar refractivity (Wildman–Crippen MR) is 78.3 cm³/mol. The average Bonchev–Trinajstić information content (AvgIpc) is 3.04. The van der Waals surface area contributed by atoms with Crippen molar-refractivity contribution in [1.82, 2.24) is 9.55 Å². The van der Waals surface area contributed by atoms with Crippen LogP contribution in [0, 0.1) is 0 Å². The highest BCUT2D eigenvalue weighted by Crippen LogP contribution is 2.29. The fourth-order valence-corrected chi connectivity index (χ4v) is 2.80. The van der Waals surface area contributed by atoms with Gasteiger partial charge in [0.2, 0.25) is 0 Å². The topological polar surface area (TPSA) is 29.9 Å². The highest BCUT2D eigenvalue weighted by atomic mass is 15.0. The second kappa shape index (κ2) is 3.85. The molecule has 4 rings (SSSR count). The maximum Gasteiger partial charge on any atom is 0.0955 e. The van der Waals surface area contributed by atoms with Gasteiger partial charge in [0.05, 0.1) is 17.4 Å². The fourth-order valence-electron chi connectivity index (χ4n) is 2.80. The first-order valence-corrected chi connectivity index (χ1v) is 6.59. The van der Waals surface area contributed by atoms with E-state index >= 15 is 0 Å². The minimum Gasteiger partial charge on any atom is -0.384 e. The molecule has 2 aromatic carbocycles. The van der Waals surface area contributed by atoms with Gasteiger partial charge in [-0.05, 0) is 47.4 Å². The third kappa shape index (κ3) is 1.62. The van der Waals surface area contributed by atoms with E-state index in [4.69, 9.17) is 0 Å². The van der Waals surface area contributed by atoms with Gasteiger partial charge < -0.3 is 9.88 Å². The Morgan fingerprint density at radius 3 is 2.89 bits per heavy atom. The molecule has 0 bridgehead atoms. The Kier molecular flexibility index (Phi) is 2.15. The summed E-state index contributed by atoms with van der Waals surface area (Å²) in [5.74, 6) is 0. The largest absolute Gasteiger partial charge is 0.384 e. The lowest BCUT2D eigenvalue weighted by Gasteiger charge is -2.05. The van der Waals surface area contributed by atoms with Crippen LogP contribution >= 0.6 is 0 Å². The van der Waals surface area contributed by atoms with Gasteiger partial charge in [-0.15, -0.1) is 0 Å². The Morgan fingerprint density at radius 2 is 1.95 bits per heavy atom. The van der Waals surface area contributed by atoms with E-state index in [2.05, 4.69) is 46.7 Å². The molecule has 2 heterocycles. The minimum atomic E-state index is 1.05. The quantitative estimate of drug-likeness (QED) is 0.717. The van der Waals surface area contributed by atoms with E-state index in [1.807, 2.05) is 17.9 Å². The van der Waals surface area contributed by atoms with E-state index in [-0.39, 0.29) is 0 Å². The first-order valence-electron chi connectivity index (χ1n) is 6.59. The molecular weight excluding hydrogens is 234 g/mol. The van der Waals surface area contributed by atoms with Gasteiger partial charge in [0.1, 0.15) is 0 Å². The van der Waals surface area contributed by atoms with Crippen LogP contribution in [0.3, 0.4) is 0 Å². The molecule has 19 heavy (non-hydrogen) atoms. The monoisotopic (exact) mass is 249 g/mol. The summed E-state index contributed by atoms with van der Waals surface area (Å²) in [6, 6.07) is 13.1. The molecule has 3 aromatic rings. The molecule has 0 saturated heterocycles. The van der Waals surface area contributed by atoms with Crippen molar-refractivity contribution >= 4 is 16.7 Å². The van der Waals surface area contributed by atoms with Gasteiger partial charge in [0.15, 0.2) is 0 Å². The van der Waals surface area contributed by atoms with Crippen LogP contribution in [0.25, 0.3) is 22.2 Å². The highest BCUT2D eigenvalue weighted by molar-refractivity contribution is 5.82. The van der Waals surface area contributed by atoms with Crippen molar-refractivity contribution < 1.29 is 0 Å². The number of imidazole rings is 1. The van der Waals surface area contributed by atoms with Crippen LogP contribution in [0.5, 0.6) is 0 Å². The smallest absolute Gasteiger partial charge is 0.0955 e. The summed E-state index contributed by atoms with van der Waals surface area (Å²) in [5, 5.41) is 3.40. The summed E-state index contributed by atoms with van der Waals surface area (Å²) < 4.78 is 2.05. The van der Waals surface area contributed by atoms with Crippen molar-refractivity contribution in [3.8, 4) is 11.1 Å². The Balaban J connectivity index is 1.85. The minimum absolute atomic E-state index is 1.05. The van der Waals surface area contributed by atoms with Crippen molar-refractivity contribution in [3.63, 3.8) is 0 Å². The molecule has 0 unspecified atom stereocenters. The molecule has 1 aliphatic heterocycles. The average molecular weight is 249 g/mol. The van der Waals surface area contributed by atoms with E-state index in [0.717, 1.165) is 18.5 Å². The summed E-state index contributed by atoms with van der Waals surface area (Å²) in [7, 11) is 2.02. The second-order valence-corrected chi connectivity index (χ2v) is 5.11. The Labute approximate surface area is 111 Å². The lowest BCUT2D eigenvalue weighted by molar-refractivity contribution is 0.948. The number of hydrogen-bond donors (Lipinski definition) is 1. The van der Waals surface area contributed by atoms with Crippen LogP contribution in [0.4, 0.5) is 5.69 Å². The van der Waals surface area contributed by atoms with Gasteiger partial charge in [-0.25, -0.2) is 4.98 Å². The fraction of sp³-hybridized carbons (Fsp3) is 0.188. The first-order chi connectivity index (χ1) is 9.31. The molecule has 0 amide bonds. The van der Waals surface area contributed by atoms with Gasteiger partial charge in [0.25, 0.3) is 0 Å². The van der Waals surface area contributed by atoms with Gasteiger partial charge >= 0.3 is 0 Å². The first kappa shape index (κ1) is 10.6. The summed E-state index contributed by atoms with van der Waals surface area (Å²) >= 11 is 0. The Morgan fingerprint density at radius 1 is 1.11 bits per heavy atom. The second-order valence-electron chi connectivity index (χ2n) is 5.11. The highest BCUT2D eigenvalue weighted by Gasteiger charge is 2.11. The van der Waals surface area contributed by atoms with Crippen molar-refractivity contribution in [1.29, 1.82) is 0 Å². The van der Waals surface area contributed by atoms with Gasteiger partial charge in [-0.2, -0.15) is 0 Å². The van der Waals surface area contributed by atoms with Gasteiger partial charge in [-0.1, -0.05) is 12.1 Å². The van der Waals surface area contributed by atoms with E-state index in [0.29, 0.717) is 0 Å². The molecule has 94 valence electrons. The molecular formula is C16H15N3. The maximum atomic E-state index is 4.43. The standard InChI is InChI=1S/C16H15N3/c1-19-10-18-15-9-12(3-5-16(15)19)11-2-4-14-13(8-11)6-7-17-14/h2-5,8-10,17H,6-7H2,1H3. The van der Waals surface area contributed by atoms with Crippen LogP contribution < -0.4 is 5.32 Å². The third-order valence-electron chi connectivity index (χ3n) is 3.87. The number of nitrogens with zero attached hydrogens (tertiary/aromatic N) is 2. The number of aryl methyl sites for hydroxylation is 1. The zero-order valence-electron chi connectivity index (χ0n) is 10.9. The molecule has 0 aliphatic carbocycles. The van der Waals surface area contributed by atoms with Crippen molar-refractivity contribution in [2.24, 2.45) is 7.05 Å². The maximum absolute atomic E-state index is 4.43. The van der Waals surface area contributed by atoms with E-state index in [1.165, 1.54) is 27.9 Å². The Hall–Kier alpha value is -2.29. The number of fused-ring (bicyclic) bond motifs is 2. The third-order valence-corrected chi connectivity index (χ3v) is 3.87. The van der Waals surface area contributed by atoms with E-state index < -0.39 is 0 Å². The molecule has 1 aromatic heterocycles. The molecule has 1 N–H and O–H groups in total. The van der Waals surface area contributed by atoms with Crippen molar-refractivity contribution in [2.45, 2.75) is 6.42 Å². The van der Waals surface area contributed by atoms with Crippen LogP contribution in [-0.2, 0) is 13.5 Å². The SMILES string of the molecule is Cn1cnc2cc(-c3ccc4c(c3)CCN4)ccc21. The van der Waals surface area contributed by atoms with Gasteiger partial charge in [0, 0.05) is 19.3 Å². The number of aromatic nitrogens is 2. The lowest BCUT2D eigenvalue weighted by Crippen LogP contribution is -1.90. The van der Waals surface area contributed by atoms with E-state index in [1.54, 1.807) is 0 Å². The number of anilines is 1. The van der Waals surface area contributed by atoms with Crippen molar-refractivity contribution in [2.75, 3.05) is 11.9 Å². The van der Waals surface area contributed by atoms with Crippen LogP contribution in [-0.4, -0.2) is 16.1 Å². The normalized spacial score (nSPS) is 13.5. The summed E-state index contributed by atoms with van der Waals surface area (Å²) in [4.78, 5) is 4.43. The molecule has 3 nitrogen and oxygen atoms in total. The number of hydrogen-bond acceptors (Lipinski definition) is 2. The number of benzene rings is 2. The summed E-state index contributed by atoms with van der Waals surface area (Å²) in [6.07, 6.45) is 2.98. The lowest BCUT2D eigenvalue weighted by atomic mass is 10.0. The molecule has 0 spiro atoms. The molecule has 0 radical (unpaired) electrons. The molecule has 0 atom stereocenters. The van der Waals surface area contributed by atoms with Crippen molar-refractivity contribution in [3.05, 3.63) is 48.3 Å². The zero-order valence-corrected chi connectivity index (χ0v) is 10.9. The molecule has 0 fully saturated rings. The van der Waals surface area contributed by atoms with Gasteiger partial charge in [-0.3, -0.25) is 0 Å². The summed E-state index contributed by atoms with van der Waals surface area (Å²) in [5.41, 5.74) is 7.43. The zero-order chi connectivity index (χ0) is 12.8. The summed E-state index contributed by atoms with van der Waals surface area (Å²) in [6.45, 7) is 1.05. The van der Waals surface area contributed by atoms with E-state index in [9.17, 15) is 0 Å². The predicted octanol–water partition coefficient (Wildman–Crippen LogP) is 3.21. The molecule has 1 aliphatic rings. The van der Waals surface area contributed by atoms with Crippen LogP contribution in [0.15, 0.2) is 42.7 Å². The number of nitrogens with one attached hydrogen (secondary N) is 1. The molecule has 0 saturated carbocycles. The van der Waals surface area contributed by atoms with Crippen LogP contribution in [0.1, 0.15) is 5.56 Å². The number of rotatable bonds is 1.